The predicted octanol–water partition coefficient (Wildman–Crippen LogP) is 4.45. The van der Waals surface area contributed by atoms with Crippen molar-refractivity contribution in [2.45, 2.75) is 38.4 Å². The number of morpholine rings is 1. The number of nitriles is 1. The van der Waals surface area contributed by atoms with E-state index in [1.54, 1.807) is 25.1 Å². The number of fused-ring (bicyclic) bond motifs is 1. The van der Waals surface area contributed by atoms with Crippen molar-refractivity contribution in [2.24, 2.45) is 0 Å². The minimum Gasteiger partial charge on any atom is -0.466 e. The number of aromatic amines is 1. The third kappa shape index (κ3) is 6.00. The lowest BCUT2D eigenvalue weighted by atomic mass is 9.88. The van der Waals surface area contributed by atoms with E-state index in [9.17, 15) is 28.0 Å². The number of nitrogens with zero attached hydrogens (tertiary/aromatic N) is 5. The number of benzene rings is 2. The first-order chi connectivity index (χ1) is 21.0. The molecule has 2 aliphatic heterocycles. The van der Waals surface area contributed by atoms with E-state index in [2.05, 4.69) is 23.3 Å². The van der Waals surface area contributed by atoms with Crippen LogP contribution in [-0.2, 0) is 26.9 Å². The SMILES string of the molecule is COC(=O)C1=C(C)N(c2cccc(C(F)(F)F)c2)c2n[nH]c(=O)n2[C@@H]1c1ccc(C#N)cc1CCCC[N+]1(C)CCOCC1. The number of halogens is 3. The number of unbranched alkanes of at least 4 members (excludes halogenated alkanes) is 1. The third-order valence-corrected chi connectivity index (χ3v) is 8.49. The Labute approximate surface area is 252 Å². The van der Waals surface area contributed by atoms with Crippen LogP contribution >= 0.6 is 0 Å². The molecular weight excluding hydrogens is 577 g/mol. The van der Waals surface area contributed by atoms with Crippen molar-refractivity contribution >= 4 is 17.6 Å². The van der Waals surface area contributed by atoms with Crippen molar-refractivity contribution in [2.75, 3.05) is 51.9 Å². The number of aromatic nitrogens is 3. The second kappa shape index (κ2) is 12.3. The molecule has 0 aliphatic carbocycles. The average Bonchev–Trinajstić information content (AvgIpc) is 3.38. The molecule has 3 heterocycles. The summed E-state index contributed by atoms with van der Waals surface area (Å²) in [7, 11) is 3.42. The zero-order chi connectivity index (χ0) is 31.6. The average molecular weight is 612 g/mol. The second-order valence-corrected chi connectivity index (χ2v) is 11.4. The summed E-state index contributed by atoms with van der Waals surface area (Å²) < 4.78 is 53.7. The number of aryl methyl sites for hydroxylation is 1. The Hall–Kier alpha value is -4.41. The number of quaternary nitrogens is 1. The van der Waals surface area contributed by atoms with Crippen LogP contribution in [0.5, 0.6) is 0 Å². The van der Waals surface area contributed by atoms with Gasteiger partial charge in [0.1, 0.15) is 19.1 Å². The summed E-state index contributed by atoms with van der Waals surface area (Å²) in [6, 6.07) is 10.8. The quantitative estimate of drug-likeness (QED) is 0.228. The van der Waals surface area contributed by atoms with Gasteiger partial charge in [0, 0.05) is 11.4 Å². The highest BCUT2D eigenvalue weighted by Gasteiger charge is 2.41. The highest BCUT2D eigenvalue weighted by atomic mass is 19.4. The fourth-order valence-electron chi connectivity index (χ4n) is 6.05. The summed E-state index contributed by atoms with van der Waals surface area (Å²) in [5.74, 6) is -0.729. The number of hydrogen-bond donors (Lipinski definition) is 1. The number of esters is 1. The van der Waals surface area contributed by atoms with Gasteiger partial charge in [0.15, 0.2) is 0 Å². The summed E-state index contributed by atoms with van der Waals surface area (Å²) in [4.78, 5) is 28.1. The normalized spacial score (nSPS) is 18.1. The maximum absolute atomic E-state index is 13.6. The highest BCUT2D eigenvalue weighted by molar-refractivity contribution is 5.93. The second-order valence-electron chi connectivity index (χ2n) is 11.4. The number of carbonyl (C=O) groups excluding carboxylic acids is 1. The number of allylic oxidation sites excluding steroid dienone is 1. The van der Waals surface area contributed by atoms with Crippen molar-refractivity contribution in [3.8, 4) is 6.07 Å². The molecule has 0 saturated carbocycles. The molecule has 0 radical (unpaired) electrons. The van der Waals surface area contributed by atoms with E-state index in [0.29, 0.717) is 17.5 Å². The van der Waals surface area contributed by atoms with E-state index in [4.69, 9.17) is 9.47 Å². The molecule has 0 bridgehead atoms. The number of anilines is 2. The van der Waals surface area contributed by atoms with Gasteiger partial charge < -0.3 is 14.0 Å². The van der Waals surface area contributed by atoms with Gasteiger partial charge in [-0.2, -0.15) is 18.4 Å². The number of rotatable bonds is 8. The Morgan fingerprint density at radius 2 is 1.95 bits per heavy atom. The van der Waals surface area contributed by atoms with Crippen LogP contribution in [0.1, 0.15) is 48.1 Å². The fraction of sp³-hybridized carbons (Fsp3) is 0.419. The van der Waals surface area contributed by atoms with Crippen molar-refractivity contribution in [1.82, 2.24) is 14.8 Å². The van der Waals surface area contributed by atoms with Crippen molar-refractivity contribution in [1.29, 1.82) is 5.26 Å². The smallest absolute Gasteiger partial charge is 0.416 e. The van der Waals surface area contributed by atoms with Gasteiger partial charge in [-0.1, -0.05) is 12.1 Å². The topological polar surface area (TPSA) is 113 Å². The number of alkyl halides is 3. The van der Waals surface area contributed by atoms with Crippen LogP contribution in [0.2, 0.25) is 0 Å². The number of nitrogens with one attached hydrogen (secondary N) is 1. The van der Waals surface area contributed by atoms with Gasteiger partial charge in [0.25, 0.3) is 0 Å². The monoisotopic (exact) mass is 611 g/mol. The lowest BCUT2D eigenvalue weighted by molar-refractivity contribution is -0.917. The molecule has 3 aromatic rings. The van der Waals surface area contributed by atoms with Crippen LogP contribution in [0.4, 0.5) is 24.8 Å². The number of hydrogen-bond acceptors (Lipinski definition) is 7. The molecule has 5 rings (SSSR count). The van der Waals surface area contributed by atoms with E-state index in [1.165, 1.54) is 28.7 Å². The number of H-pyrrole nitrogens is 1. The highest BCUT2D eigenvalue weighted by Crippen LogP contribution is 2.43. The molecule has 1 N–H and O–H groups in total. The van der Waals surface area contributed by atoms with Crippen LogP contribution in [0.25, 0.3) is 0 Å². The first-order valence-electron chi connectivity index (χ1n) is 14.3. The minimum atomic E-state index is -4.61. The summed E-state index contributed by atoms with van der Waals surface area (Å²) in [6.07, 6.45) is -2.33. The van der Waals surface area contributed by atoms with E-state index >= 15 is 0 Å². The van der Waals surface area contributed by atoms with Crippen LogP contribution in [0.15, 0.2) is 58.5 Å². The number of methoxy groups -OCH3 is 1. The van der Waals surface area contributed by atoms with E-state index < -0.39 is 29.4 Å². The Morgan fingerprint density at radius 1 is 1.20 bits per heavy atom. The van der Waals surface area contributed by atoms with Crippen molar-refractivity contribution in [3.05, 3.63) is 86.5 Å². The molecule has 13 heteroatoms. The van der Waals surface area contributed by atoms with E-state index in [1.807, 2.05) is 0 Å². The van der Waals surface area contributed by atoms with Crippen LogP contribution in [-0.4, -0.2) is 72.2 Å². The maximum Gasteiger partial charge on any atom is 0.416 e. The molecule has 2 aliphatic rings. The van der Waals surface area contributed by atoms with Gasteiger partial charge in [0.05, 0.1) is 56.7 Å². The van der Waals surface area contributed by atoms with Gasteiger partial charge in [-0.15, -0.1) is 5.10 Å². The molecule has 1 saturated heterocycles. The molecule has 44 heavy (non-hydrogen) atoms. The Kier molecular flexibility index (Phi) is 8.67. The standard InChI is InChI=1S/C31H33F3N6O4/c1-20-26(28(41)43-3)27(39-29(36-37-30(39)42)38(20)24-9-6-8-23(18-24)31(32,33)34)25-11-10-21(19-35)17-22(25)7-4-5-12-40(2)13-15-44-16-14-40/h6,8-11,17-18,27H,4-5,7,12-16H2,1-3H3/p+1/t27-/m1/s1. The predicted molar refractivity (Wildman–Crippen MR) is 155 cm³/mol. The number of carbonyl (C=O) groups is 1. The molecule has 1 fully saturated rings. The van der Waals surface area contributed by atoms with Gasteiger partial charge in [-0.3, -0.25) is 4.90 Å². The first-order valence-corrected chi connectivity index (χ1v) is 14.3. The summed E-state index contributed by atoms with van der Waals surface area (Å²) >= 11 is 0. The van der Waals surface area contributed by atoms with Crippen LogP contribution < -0.4 is 10.6 Å². The number of ether oxygens (including phenoxy) is 2. The first kappa shape index (κ1) is 31.0. The largest absolute Gasteiger partial charge is 0.466 e. The molecule has 10 nitrogen and oxygen atoms in total. The minimum absolute atomic E-state index is 0.0181. The molecule has 1 aromatic heterocycles. The van der Waals surface area contributed by atoms with Gasteiger partial charge >= 0.3 is 17.8 Å². The zero-order valence-corrected chi connectivity index (χ0v) is 24.8. The molecule has 1 atom stereocenters. The zero-order valence-electron chi connectivity index (χ0n) is 24.8. The van der Waals surface area contributed by atoms with Gasteiger partial charge in [-0.05, 0) is 67.6 Å². The van der Waals surface area contributed by atoms with E-state index in [0.717, 1.165) is 67.9 Å². The Balaban J connectivity index is 1.59. The summed E-state index contributed by atoms with van der Waals surface area (Å²) in [5.41, 5.74) is 0.650. The van der Waals surface area contributed by atoms with Gasteiger partial charge in [0.2, 0.25) is 5.95 Å². The third-order valence-electron chi connectivity index (χ3n) is 8.49. The Morgan fingerprint density at radius 3 is 2.64 bits per heavy atom. The fourth-order valence-corrected chi connectivity index (χ4v) is 6.05. The molecular formula is C31H34F3N6O4+. The van der Waals surface area contributed by atoms with E-state index in [-0.39, 0.29) is 22.9 Å². The van der Waals surface area contributed by atoms with Crippen molar-refractivity contribution in [3.63, 3.8) is 0 Å². The van der Waals surface area contributed by atoms with Gasteiger partial charge in [-0.25, -0.2) is 19.3 Å². The molecule has 0 amide bonds. The molecule has 2 aromatic carbocycles. The lowest BCUT2D eigenvalue weighted by Crippen LogP contribution is -2.52. The van der Waals surface area contributed by atoms with Crippen LogP contribution in [0.3, 0.4) is 0 Å². The molecule has 0 unspecified atom stereocenters. The summed E-state index contributed by atoms with van der Waals surface area (Å²) in [5, 5.41) is 16.2. The lowest BCUT2D eigenvalue weighted by Gasteiger charge is -2.37. The molecule has 232 valence electrons. The number of likely N-dealkylation sites (N-methyl/N-ethyl adjacent to an activating group) is 1. The molecule has 0 spiro atoms. The van der Waals surface area contributed by atoms with Crippen molar-refractivity contribution < 1.29 is 31.9 Å². The maximum atomic E-state index is 13.6. The summed E-state index contributed by atoms with van der Waals surface area (Å²) in [6.45, 7) is 5.89. The Bertz CT molecular complexity index is 1680. The van der Waals surface area contributed by atoms with Crippen LogP contribution in [0, 0.1) is 11.3 Å².